The first-order valence-electron chi connectivity index (χ1n) is 8.89. The van der Waals surface area contributed by atoms with E-state index in [9.17, 15) is 9.59 Å². The molecule has 0 aliphatic carbocycles. The van der Waals surface area contributed by atoms with Gasteiger partial charge in [-0.3, -0.25) is 9.59 Å². The van der Waals surface area contributed by atoms with Crippen LogP contribution in [-0.2, 0) is 9.53 Å². The van der Waals surface area contributed by atoms with E-state index in [4.69, 9.17) is 4.74 Å². The van der Waals surface area contributed by atoms with Gasteiger partial charge in [0.15, 0.2) is 0 Å². The average Bonchev–Trinajstić information content (AvgIpc) is 2.64. The Bertz CT molecular complexity index is 564. The molecule has 0 spiro atoms. The lowest BCUT2D eigenvalue weighted by Gasteiger charge is -2.39. The van der Waals surface area contributed by atoms with Crippen LogP contribution in [0.15, 0.2) is 30.3 Å². The maximum atomic E-state index is 12.6. The number of nitrogens with zero attached hydrogens (tertiary/aromatic N) is 1. The molecule has 1 unspecified atom stereocenters. The Morgan fingerprint density at radius 1 is 1.20 bits per heavy atom. The maximum absolute atomic E-state index is 12.6. The van der Waals surface area contributed by atoms with Crippen LogP contribution in [-0.4, -0.2) is 63.2 Å². The minimum Gasteiger partial charge on any atom is -0.383 e. The zero-order chi connectivity index (χ0) is 18.1. The summed E-state index contributed by atoms with van der Waals surface area (Å²) in [7, 11) is 1.66. The number of amides is 2. The van der Waals surface area contributed by atoms with E-state index in [-0.39, 0.29) is 11.8 Å². The van der Waals surface area contributed by atoms with Gasteiger partial charge in [-0.25, -0.2) is 0 Å². The van der Waals surface area contributed by atoms with Gasteiger partial charge in [-0.2, -0.15) is 0 Å². The first kappa shape index (κ1) is 19.4. The van der Waals surface area contributed by atoms with E-state index >= 15 is 0 Å². The Labute approximate surface area is 149 Å². The molecule has 1 heterocycles. The molecule has 1 aliphatic heterocycles. The first-order chi connectivity index (χ1) is 12.1. The normalized spacial score (nSPS) is 20.3. The lowest BCUT2D eigenvalue weighted by atomic mass is 9.80. The number of rotatable bonds is 8. The number of carbonyl (C=O) groups excluding carboxylic acids is 2. The summed E-state index contributed by atoms with van der Waals surface area (Å²) >= 11 is 0. The minimum absolute atomic E-state index is 0.000516. The molecule has 0 bridgehead atoms. The van der Waals surface area contributed by atoms with Gasteiger partial charge < -0.3 is 20.3 Å². The Morgan fingerprint density at radius 3 is 2.68 bits per heavy atom. The minimum atomic E-state index is -0.533. The monoisotopic (exact) mass is 347 g/mol. The Balaban J connectivity index is 1.85. The summed E-state index contributed by atoms with van der Waals surface area (Å²) in [4.78, 5) is 27.1. The molecule has 25 heavy (non-hydrogen) atoms. The van der Waals surface area contributed by atoms with Gasteiger partial charge in [-0.1, -0.05) is 18.2 Å². The predicted octanol–water partition coefficient (Wildman–Crippen LogP) is 1.28. The lowest BCUT2D eigenvalue weighted by molar-refractivity contribution is -0.132. The lowest BCUT2D eigenvalue weighted by Crippen LogP contribution is -2.52. The molecule has 1 aromatic rings. The van der Waals surface area contributed by atoms with Crippen molar-refractivity contribution in [3.8, 4) is 0 Å². The fourth-order valence-corrected chi connectivity index (χ4v) is 3.14. The maximum Gasteiger partial charge on any atom is 0.253 e. The Hall–Kier alpha value is -1.92. The van der Waals surface area contributed by atoms with Crippen LogP contribution in [0.4, 0.5) is 0 Å². The summed E-state index contributed by atoms with van der Waals surface area (Å²) in [6.07, 6.45) is 1.64. The number of piperidine rings is 1. The highest BCUT2D eigenvalue weighted by atomic mass is 16.5. The van der Waals surface area contributed by atoms with Gasteiger partial charge in [-0.15, -0.1) is 0 Å². The van der Waals surface area contributed by atoms with Gasteiger partial charge in [0.25, 0.3) is 5.91 Å². The van der Waals surface area contributed by atoms with E-state index < -0.39 is 5.41 Å². The van der Waals surface area contributed by atoms with E-state index in [0.29, 0.717) is 38.3 Å². The van der Waals surface area contributed by atoms with E-state index in [1.807, 2.05) is 37.3 Å². The van der Waals surface area contributed by atoms with Gasteiger partial charge in [0.2, 0.25) is 5.91 Å². The number of carbonyl (C=O) groups is 2. The summed E-state index contributed by atoms with van der Waals surface area (Å²) in [6, 6.07) is 9.25. The third-order valence-electron chi connectivity index (χ3n) is 4.62. The van der Waals surface area contributed by atoms with Gasteiger partial charge >= 0.3 is 0 Å². The highest BCUT2D eigenvalue weighted by Crippen LogP contribution is 2.30. The van der Waals surface area contributed by atoms with E-state index in [2.05, 4.69) is 10.6 Å². The molecule has 1 fully saturated rings. The smallest absolute Gasteiger partial charge is 0.253 e. The molecule has 1 atom stereocenters. The van der Waals surface area contributed by atoms with Gasteiger partial charge in [0.05, 0.1) is 12.0 Å². The van der Waals surface area contributed by atoms with Crippen LogP contribution in [0, 0.1) is 5.41 Å². The first-order valence-corrected chi connectivity index (χ1v) is 8.89. The van der Waals surface area contributed by atoms with Crippen LogP contribution >= 0.6 is 0 Å². The fourth-order valence-electron chi connectivity index (χ4n) is 3.14. The van der Waals surface area contributed by atoms with Crippen molar-refractivity contribution in [3.05, 3.63) is 35.9 Å². The second-order valence-corrected chi connectivity index (χ2v) is 6.76. The van der Waals surface area contributed by atoms with Crippen molar-refractivity contribution < 1.29 is 14.3 Å². The highest BCUT2D eigenvalue weighted by Gasteiger charge is 2.39. The molecule has 2 amide bonds. The van der Waals surface area contributed by atoms with Crippen LogP contribution in [0.3, 0.4) is 0 Å². The number of hydrogen-bond acceptors (Lipinski definition) is 4. The van der Waals surface area contributed by atoms with E-state index in [0.717, 1.165) is 19.4 Å². The molecule has 1 saturated heterocycles. The SMILES string of the molecule is COCCNCCNC(=O)C1(C)CCCN(C(=O)c2ccccc2)C1. The van der Waals surface area contributed by atoms with Crippen molar-refractivity contribution in [2.24, 2.45) is 5.41 Å². The fraction of sp³-hybridized carbons (Fsp3) is 0.579. The third kappa shape index (κ3) is 5.54. The van der Waals surface area contributed by atoms with Gasteiger partial charge in [0.1, 0.15) is 0 Å². The van der Waals surface area contributed by atoms with Crippen LogP contribution in [0.25, 0.3) is 0 Å². The van der Waals surface area contributed by atoms with Crippen molar-refractivity contribution in [2.45, 2.75) is 19.8 Å². The summed E-state index contributed by atoms with van der Waals surface area (Å²) in [5, 5.41) is 6.19. The topological polar surface area (TPSA) is 70.7 Å². The predicted molar refractivity (Wildman–Crippen MR) is 97.4 cm³/mol. The van der Waals surface area contributed by atoms with Crippen LogP contribution in [0.2, 0.25) is 0 Å². The molecule has 138 valence electrons. The van der Waals surface area contributed by atoms with Crippen molar-refractivity contribution >= 4 is 11.8 Å². The van der Waals surface area contributed by atoms with E-state index in [1.165, 1.54) is 0 Å². The Morgan fingerprint density at radius 2 is 1.96 bits per heavy atom. The standard InChI is InChI=1S/C19H29N3O3/c1-19(18(24)21-11-10-20-12-14-25-2)9-6-13-22(15-19)17(23)16-7-4-3-5-8-16/h3-5,7-8,20H,6,9-15H2,1-2H3,(H,21,24). The number of methoxy groups -OCH3 is 1. The largest absolute Gasteiger partial charge is 0.383 e. The molecule has 0 aromatic heterocycles. The third-order valence-corrected chi connectivity index (χ3v) is 4.62. The van der Waals surface area contributed by atoms with Crippen molar-refractivity contribution in [1.82, 2.24) is 15.5 Å². The summed E-state index contributed by atoms with van der Waals surface area (Å²) in [6.45, 7) is 5.82. The number of benzene rings is 1. The quantitative estimate of drug-likeness (QED) is 0.695. The second kappa shape index (κ2) is 9.53. The molecule has 1 aliphatic rings. The van der Waals surface area contributed by atoms with Gasteiger partial charge in [0, 0.05) is 45.4 Å². The second-order valence-electron chi connectivity index (χ2n) is 6.76. The van der Waals surface area contributed by atoms with Crippen LogP contribution in [0.1, 0.15) is 30.1 Å². The van der Waals surface area contributed by atoms with Crippen molar-refractivity contribution in [1.29, 1.82) is 0 Å². The molecule has 6 nitrogen and oxygen atoms in total. The van der Waals surface area contributed by atoms with Gasteiger partial charge in [-0.05, 0) is 31.9 Å². The summed E-state index contributed by atoms with van der Waals surface area (Å²) in [5.74, 6) is 0.0205. The molecular formula is C19H29N3O3. The van der Waals surface area contributed by atoms with Crippen molar-refractivity contribution in [2.75, 3.05) is 46.4 Å². The number of hydrogen-bond donors (Lipinski definition) is 2. The molecule has 0 radical (unpaired) electrons. The zero-order valence-corrected chi connectivity index (χ0v) is 15.2. The highest BCUT2D eigenvalue weighted by molar-refractivity contribution is 5.95. The molecular weight excluding hydrogens is 318 g/mol. The molecule has 2 N–H and O–H groups in total. The number of nitrogens with one attached hydrogen (secondary N) is 2. The zero-order valence-electron chi connectivity index (χ0n) is 15.2. The number of likely N-dealkylation sites (tertiary alicyclic amines) is 1. The van der Waals surface area contributed by atoms with Crippen molar-refractivity contribution in [3.63, 3.8) is 0 Å². The van der Waals surface area contributed by atoms with Crippen LogP contribution in [0.5, 0.6) is 0 Å². The molecule has 0 saturated carbocycles. The average molecular weight is 347 g/mol. The Kier molecular flexibility index (Phi) is 7.40. The molecule has 1 aromatic carbocycles. The van der Waals surface area contributed by atoms with E-state index in [1.54, 1.807) is 12.0 Å². The molecule has 2 rings (SSSR count). The summed E-state index contributed by atoms with van der Waals surface area (Å²) < 4.78 is 4.96. The van der Waals surface area contributed by atoms with Crippen LogP contribution < -0.4 is 10.6 Å². The molecule has 6 heteroatoms. The number of ether oxygens (including phenoxy) is 1. The summed E-state index contributed by atoms with van der Waals surface area (Å²) in [5.41, 5.74) is 0.143.